The van der Waals surface area contributed by atoms with E-state index < -0.39 is 9.84 Å². The van der Waals surface area contributed by atoms with E-state index in [1.807, 2.05) is 24.3 Å². The number of aromatic nitrogens is 1. The first-order chi connectivity index (χ1) is 9.64. The largest absolute Gasteiger partial charge is 0.416 e. The SMILES string of the molecule is COn1c(S(=O)(=O)c2ccccc2)cc2ccccc21. The molecule has 1 aromatic heterocycles. The molecule has 0 bridgehead atoms. The quantitative estimate of drug-likeness (QED) is 0.743. The van der Waals surface area contributed by atoms with Gasteiger partial charge in [0.1, 0.15) is 7.11 Å². The summed E-state index contributed by atoms with van der Waals surface area (Å²) in [4.78, 5) is 5.49. The lowest BCUT2D eigenvalue weighted by Gasteiger charge is -2.09. The van der Waals surface area contributed by atoms with Crippen LogP contribution in [-0.4, -0.2) is 20.3 Å². The number of hydrogen-bond donors (Lipinski definition) is 0. The summed E-state index contributed by atoms with van der Waals surface area (Å²) in [7, 11) is -2.15. The lowest BCUT2D eigenvalue weighted by Crippen LogP contribution is -2.14. The highest BCUT2D eigenvalue weighted by molar-refractivity contribution is 7.91. The third kappa shape index (κ3) is 1.87. The standard InChI is InChI=1S/C15H13NO3S/c1-19-16-14-10-6-5-7-12(14)11-15(16)20(17,18)13-8-3-2-4-9-13/h2-11H,1H3. The van der Waals surface area contributed by atoms with Crippen LogP contribution in [0.25, 0.3) is 10.9 Å². The van der Waals surface area contributed by atoms with Gasteiger partial charge in [-0.3, -0.25) is 0 Å². The van der Waals surface area contributed by atoms with E-state index in [9.17, 15) is 8.42 Å². The molecule has 0 spiro atoms. The number of fused-ring (bicyclic) bond motifs is 1. The third-order valence-corrected chi connectivity index (χ3v) is 4.87. The summed E-state index contributed by atoms with van der Waals surface area (Å²) >= 11 is 0. The fourth-order valence-corrected chi connectivity index (χ4v) is 3.63. The molecule has 0 aliphatic rings. The second-order valence-corrected chi connectivity index (χ2v) is 6.23. The Kier molecular flexibility index (Phi) is 2.99. The topological polar surface area (TPSA) is 48.3 Å². The Morgan fingerprint density at radius 1 is 0.950 bits per heavy atom. The molecule has 1 heterocycles. The zero-order valence-corrected chi connectivity index (χ0v) is 11.7. The number of nitrogens with zero attached hydrogens (tertiary/aromatic N) is 1. The molecule has 0 N–H and O–H groups in total. The molecule has 0 aliphatic heterocycles. The van der Waals surface area contributed by atoms with Crippen molar-refractivity contribution in [3.63, 3.8) is 0 Å². The van der Waals surface area contributed by atoms with Crippen LogP contribution in [0.2, 0.25) is 0 Å². The van der Waals surface area contributed by atoms with Crippen molar-refractivity contribution in [3.05, 3.63) is 60.7 Å². The zero-order valence-electron chi connectivity index (χ0n) is 10.9. The fraction of sp³-hybridized carbons (Fsp3) is 0.0667. The van der Waals surface area contributed by atoms with Crippen LogP contribution in [0.15, 0.2) is 70.6 Å². The van der Waals surface area contributed by atoms with E-state index in [0.29, 0.717) is 0 Å². The molecule has 5 heteroatoms. The maximum Gasteiger partial charge on any atom is 0.225 e. The van der Waals surface area contributed by atoms with Gasteiger partial charge in [-0.05, 0) is 24.3 Å². The highest BCUT2D eigenvalue weighted by Gasteiger charge is 2.24. The van der Waals surface area contributed by atoms with Gasteiger partial charge in [-0.2, -0.15) is 4.73 Å². The molecule has 102 valence electrons. The van der Waals surface area contributed by atoms with Gasteiger partial charge in [-0.25, -0.2) is 8.42 Å². The number of benzene rings is 2. The molecular weight excluding hydrogens is 274 g/mol. The predicted molar refractivity (Wildman–Crippen MR) is 76.3 cm³/mol. The molecule has 0 unspecified atom stereocenters. The van der Waals surface area contributed by atoms with Gasteiger partial charge in [-0.15, -0.1) is 0 Å². The van der Waals surface area contributed by atoms with Crippen LogP contribution in [0.3, 0.4) is 0 Å². The van der Waals surface area contributed by atoms with Crippen LogP contribution in [0.5, 0.6) is 0 Å². The van der Waals surface area contributed by atoms with Crippen molar-refractivity contribution in [2.24, 2.45) is 0 Å². The van der Waals surface area contributed by atoms with Crippen molar-refractivity contribution in [1.29, 1.82) is 0 Å². The summed E-state index contributed by atoms with van der Waals surface area (Å²) in [6, 6.07) is 17.3. The van der Waals surface area contributed by atoms with Crippen molar-refractivity contribution in [1.82, 2.24) is 4.73 Å². The summed E-state index contributed by atoms with van der Waals surface area (Å²) < 4.78 is 26.7. The first kappa shape index (κ1) is 12.7. The minimum atomic E-state index is -3.61. The summed E-state index contributed by atoms with van der Waals surface area (Å²) in [5.41, 5.74) is 0.726. The number of para-hydroxylation sites is 1. The van der Waals surface area contributed by atoms with Gasteiger partial charge in [0.2, 0.25) is 9.84 Å². The Morgan fingerprint density at radius 3 is 2.30 bits per heavy atom. The van der Waals surface area contributed by atoms with Gasteiger partial charge < -0.3 is 4.84 Å². The Hall–Kier alpha value is -2.27. The third-order valence-electron chi connectivity index (χ3n) is 3.15. The summed E-state index contributed by atoms with van der Waals surface area (Å²) in [6.07, 6.45) is 0. The second kappa shape index (κ2) is 4.68. The molecule has 20 heavy (non-hydrogen) atoms. The normalized spacial score (nSPS) is 11.7. The minimum Gasteiger partial charge on any atom is -0.416 e. The second-order valence-electron chi connectivity index (χ2n) is 4.33. The van der Waals surface area contributed by atoms with Gasteiger partial charge in [0.25, 0.3) is 0 Å². The van der Waals surface area contributed by atoms with Crippen LogP contribution in [0.1, 0.15) is 0 Å². The van der Waals surface area contributed by atoms with Gasteiger partial charge in [-0.1, -0.05) is 36.4 Å². The highest BCUT2D eigenvalue weighted by atomic mass is 32.2. The summed E-state index contributed by atoms with van der Waals surface area (Å²) in [6.45, 7) is 0. The van der Waals surface area contributed by atoms with Crippen LogP contribution in [0, 0.1) is 0 Å². The van der Waals surface area contributed by atoms with Crippen molar-refractivity contribution in [2.45, 2.75) is 9.92 Å². The van der Waals surface area contributed by atoms with Crippen molar-refractivity contribution < 1.29 is 13.3 Å². The number of rotatable bonds is 3. The first-order valence-corrected chi connectivity index (χ1v) is 7.58. The molecule has 0 radical (unpaired) electrons. The van der Waals surface area contributed by atoms with Crippen LogP contribution in [-0.2, 0) is 9.84 Å². The molecule has 0 aliphatic carbocycles. The van der Waals surface area contributed by atoms with E-state index in [1.54, 1.807) is 36.4 Å². The molecule has 4 nitrogen and oxygen atoms in total. The Labute approximate surface area is 117 Å². The van der Waals surface area contributed by atoms with Crippen LogP contribution in [0.4, 0.5) is 0 Å². The lowest BCUT2D eigenvalue weighted by molar-refractivity contribution is 0.157. The monoisotopic (exact) mass is 287 g/mol. The first-order valence-electron chi connectivity index (χ1n) is 6.10. The van der Waals surface area contributed by atoms with Crippen molar-refractivity contribution in [3.8, 4) is 0 Å². The highest BCUT2D eigenvalue weighted by Crippen LogP contribution is 2.26. The Bertz CT molecular complexity index is 851. The van der Waals surface area contributed by atoms with E-state index in [0.717, 1.165) is 10.9 Å². The maximum atomic E-state index is 12.7. The molecule has 3 aromatic rings. The lowest BCUT2D eigenvalue weighted by atomic mass is 10.3. The average Bonchev–Trinajstić information content (AvgIpc) is 2.87. The van der Waals surface area contributed by atoms with Crippen molar-refractivity contribution >= 4 is 20.7 Å². The van der Waals surface area contributed by atoms with Gasteiger partial charge in [0.15, 0.2) is 5.03 Å². The van der Waals surface area contributed by atoms with Crippen LogP contribution < -0.4 is 4.84 Å². The van der Waals surface area contributed by atoms with E-state index in [-0.39, 0.29) is 9.92 Å². The van der Waals surface area contributed by atoms with Crippen molar-refractivity contribution in [2.75, 3.05) is 7.11 Å². The van der Waals surface area contributed by atoms with E-state index in [2.05, 4.69) is 0 Å². The average molecular weight is 287 g/mol. The fourth-order valence-electron chi connectivity index (χ4n) is 2.20. The summed E-state index contributed by atoms with van der Waals surface area (Å²) in [5, 5.41) is 0.955. The Balaban J connectivity index is 2.30. The molecule has 0 saturated carbocycles. The predicted octanol–water partition coefficient (Wildman–Crippen LogP) is 2.53. The van der Waals surface area contributed by atoms with Crippen LogP contribution >= 0.6 is 0 Å². The van der Waals surface area contributed by atoms with E-state index in [4.69, 9.17) is 4.84 Å². The van der Waals surface area contributed by atoms with Gasteiger partial charge in [0.05, 0.1) is 10.4 Å². The molecule has 0 atom stereocenters. The number of hydrogen-bond acceptors (Lipinski definition) is 3. The molecule has 0 fully saturated rings. The molecule has 0 amide bonds. The van der Waals surface area contributed by atoms with E-state index >= 15 is 0 Å². The maximum absolute atomic E-state index is 12.7. The summed E-state index contributed by atoms with van der Waals surface area (Å²) in [5.74, 6) is 0. The van der Waals surface area contributed by atoms with Gasteiger partial charge >= 0.3 is 0 Å². The number of sulfone groups is 1. The van der Waals surface area contributed by atoms with E-state index in [1.165, 1.54) is 11.8 Å². The molecule has 2 aromatic carbocycles. The smallest absolute Gasteiger partial charge is 0.225 e. The van der Waals surface area contributed by atoms with Gasteiger partial charge in [0, 0.05) is 5.39 Å². The Morgan fingerprint density at radius 2 is 1.60 bits per heavy atom. The molecule has 3 rings (SSSR count). The molecule has 0 saturated heterocycles. The zero-order chi connectivity index (χ0) is 14.2. The molecular formula is C15H13NO3S. The minimum absolute atomic E-state index is 0.132.